The molecule has 0 spiro atoms. The van der Waals surface area contributed by atoms with Crippen LogP contribution in [0.3, 0.4) is 0 Å². The number of hydrogen-bond donors (Lipinski definition) is 1. The number of ether oxygens (including phenoxy) is 2. The molecular weight excluding hydrogens is 392 g/mol. The van der Waals surface area contributed by atoms with Crippen LogP contribution in [0.2, 0.25) is 0 Å². The first-order valence-electron chi connectivity index (χ1n) is 9.15. The van der Waals surface area contributed by atoms with E-state index in [1.54, 1.807) is 6.92 Å². The van der Waals surface area contributed by atoms with Crippen molar-refractivity contribution in [2.24, 2.45) is 0 Å². The number of likely N-dealkylation sites (tertiary alicyclic amines) is 1. The van der Waals surface area contributed by atoms with Crippen LogP contribution in [0.5, 0.6) is 11.5 Å². The number of likely N-dealkylation sites (N-methyl/N-ethyl adjacent to an activating group) is 1. The third kappa shape index (κ3) is 4.67. The van der Waals surface area contributed by atoms with E-state index in [0.717, 1.165) is 25.9 Å². The summed E-state index contributed by atoms with van der Waals surface area (Å²) in [7, 11) is -3.45. The molecule has 0 radical (unpaired) electrons. The molecule has 1 amide bonds. The molecule has 0 aromatic heterocycles. The Morgan fingerprint density at radius 3 is 2.70 bits per heavy atom. The fourth-order valence-corrected chi connectivity index (χ4v) is 4.41. The van der Waals surface area contributed by atoms with E-state index in [1.165, 1.54) is 12.1 Å². The Kier molecular flexibility index (Phi) is 7.36. The van der Waals surface area contributed by atoms with E-state index in [2.05, 4.69) is 17.1 Å². The second kappa shape index (κ2) is 9.12. The molecule has 1 atom stereocenters. The van der Waals surface area contributed by atoms with Crippen LogP contribution < -0.4 is 14.8 Å². The van der Waals surface area contributed by atoms with E-state index in [9.17, 15) is 13.2 Å². The monoisotopic (exact) mass is 418 g/mol. The van der Waals surface area contributed by atoms with E-state index in [1.807, 2.05) is 0 Å². The molecule has 1 fully saturated rings. The SMILES string of the molecule is CCN1CCCC1CNC(=O)c1cc(S(=O)(=O)CC)cc2c1OCCO2.Cl. The van der Waals surface area contributed by atoms with Crippen LogP contribution in [0.15, 0.2) is 17.0 Å². The van der Waals surface area contributed by atoms with E-state index in [4.69, 9.17) is 9.47 Å². The van der Waals surface area contributed by atoms with Crippen molar-refractivity contribution in [1.82, 2.24) is 10.2 Å². The van der Waals surface area contributed by atoms with Gasteiger partial charge in [0.1, 0.15) is 13.2 Å². The Bertz CT molecular complexity index is 784. The Morgan fingerprint density at radius 2 is 2.00 bits per heavy atom. The molecule has 1 unspecified atom stereocenters. The first kappa shape index (κ1) is 21.8. The van der Waals surface area contributed by atoms with Gasteiger partial charge >= 0.3 is 0 Å². The van der Waals surface area contributed by atoms with Crippen molar-refractivity contribution >= 4 is 28.2 Å². The van der Waals surface area contributed by atoms with Crippen molar-refractivity contribution < 1.29 is 22.7 Å². The summed E-state index contributed by atoms with van der Waals surface area (Å²) in [4.78, 5) is 15.2. The molecule has 7 nitrogen and oxygen atoms in total. The van der Waals surface area contributed by atoms with E-state index in [0.29, 0.717) is 37.3 Å². The molecule has 2 aliphatic rings. The maximum absolute atomic E-state index is 12.8. The lowest BCUT2D eigenvalue weighted by molar-refractivity contribution is 0.0930. The van der Waals surface area contributed by atoms with Crippen molar-refractivity contribution in [1.29, 1.82) is 0 Å². The summed E-state index contributed by atoms with van der Waals surface area (Å²) in [5.41, 5.74) is 0.218. The van der Waals surface area contributed by atoms with Gasteiger partial charge in [-0.25, -0.2) is 8.42 Å². The second-order valence-corrected chi connectivity index (χ2v) is 8.81. The summed E-state index contributed by atoms with van der Waals surface area (Å²) in [6.45, 7) is 6.89. The molecule has 1 saturated heterocycles. The van der Waals surface area contributed by atoms with Crippen molar-refractivity contribution in [3.63, 3.8) is 0 Å². The molecule has 152 valence electrons. The first-order valence-corrected chi connectivity index (χ1v) is 10.8. The van der Waals surface area contributed by atoms with E-state index in [-0.39, 0.29) is 34.5 Å². The molecule has 1 N–H and O–H groups in total. The second-order valence-electron chi connectivity index (χ2n) is 6.53. The minimum Gasteiger partial charge on any atom is -0.486 e. The molecule has 1 aromatic carbocycles. The van der Waals surface area contributed by atoms with Crippen LogP contribution in [-0.2, 0) is 9.84 Å². The number of carbonyl (C=O) groups is 1. The zero-order valence-electron chi connectivity index (χ0n) is 15.7. The largest absolute Gasteiger partial charge is 0.486 e. The minimum absolute atomic E-state index is 0. The summed E-state index contributed by atoms with van der Waals surface area (Å²) in [6.07, 6.45) is 2.18. The van der Waals surface area contributed by atoms with E-state index >= 15 is 0 Å². The topological polar surface area (TPSA) is 84.9 Å². The van der Waals surface area contributed by atoms with Gasteiger partial charge in [-0.15, -0.1) is 12.4 Å². The van der Waals surface area contributed by atoms with E-state index < -0.39 is 9.84 Å². The zero-order valence-corrected chi connectivity index (χ0v) is 17.3. The minimum atomic E-state index is -3.45. The van der Waals surface area contributed by atoms with Gasteiger partial charge in [-0.1, -0.05) is 13.8 Å². The predicted molar refractivity (Wildman–Crippen MR) is 105 cm³/mol. The molecule has 2 aliphatic heterocycles. The third-order valence-corrected chi connectivity index (χ3v) is 6.72. The average Bonchev–Trinajstić information content (AvgIpc) is 3.12. The summed E-state index contributed by atoms with van der Waals surface area (Å²) in [5, 5.41) is 2.94. The van der Waals surface area contributed by atoms with Crippen LogP contribution in [0.4, 0.5) is 0 Å². The normalized spacial score (nSPS) is 19.4. The number of fused-ring (bicyclic) bond motifs is 1. The summed E-state index contributed by atoms with van der Waals surface area (Å²) in [5.74, 6) is 0.263. The number of nitrogens with one attached hydrogen (secondary N) is 1. The number of hydrogen-bond acceptors (Lipinski definition) is 6. The molecule has 9 heteroatoms. The average molecular weight is 419 g/mol. The standard InChI is InChI=1S/C18H26N2O5S.ClH/c1-3-20-7-5-6-13(20)12-19-18(21)15-10-14(26(22,23)4-2)11-16-17(15)25-9-8-24-16;/h10-11,13H,3-9,12H2,1-2H3,(H,19,21);1H. The number of rotatable bonds is 6. The Morgan fingerprint density at radius 1 is 1.26 bits per heavy atom. The van der Waals surface area contributed by atoms with Crippen molar-refractivity contribution in [3.05, 3.63) is 17.7 Å². The maximum Gasteiger partial charge on any atom is 0.255 e. The lowest BCUT2D eigenvalue weighted by atomic mass is 10.1. The summed E-state index contributed by atoms with van der Waals surface area (Å²) < 4.78 is 35.7. The fraction of sp³-hybridized carbons (Fsp3) is 0.611. The number of nitrogens with zero attached hydrogens (tertiary/aromatic N) is 1. The lowest BCUT2D eigenvalue weighted by Gasteiger charge is -2.24. The van der Waals surface area contributed by atoms with Gasteiger partial charge in [-0.05, 0) is 32.0 Å². The highest BCUT2D eigenvalue weighted by Crippen LogP contribution is 2.37. The quantitative estimate of drug-likeness (QED) is 0.759. The highest BCUT2D eigenvalue weighted by atomic mass is 35.5. The smallest absolute Gasteiger partial charge is 0.255 e. The van der Waals surface area contributed by atoms with Crippen LogP contribution in [0.25, 0.3) is 0 Å². The van der Waals surface area contributed by atoms with Crippen LogP contribution in [-0.4, -0.2) is 63.9 Å². The Balaban J connectivity index is 0.00000261. The molecule has 1 aromatic rings. The summed E-state index contributed by atoms with van der Waals surface area (Å²) in [6, 6.07) is 3.16. The number of benzene rings is 1. The van der Waals surface area contributed by atoms with Crippen LogP contribution in [0, 0.1) is 0 Å². The van der Waals surface area contributed by atoms with Crippen molar-refractivity contribution in [2.75, 3.05) is 38.6 Å². The molecule has 3 rings (SSSR count). The highest BCUT2D eigenvalue weighted by molar-refractivity contribution is 7.91. The Labute approximate surface area is 166 Å². The van der Waals surface area contributed by atoms with Gasteiger partial charge in [0.05, 0.1) is 16.2 Å². The molecule has 2 heterocycles. The number of carbonyl (C=O) groups excluding carboxylic acids is 1. The van der Waals surface area contributed by atoms with Crippen molar-refractivity contribution in [2.45, 2.75) is 37.6 Å². The predicted octanol–water partition coefficient (Wildman–Crippen LogP) is 1.89. The fourth-order valence-electron chi connectivity index (χ4n) is 3.49. The number of amides is 1. The van der Waals surface area contributed by atoms with Gasteiger partial charge < -0.3 is 14.8 Å². The number of halogens is 1. The van der Waals surface area contributed by atoms with Crippen LogP contribution >= 0.6 is 12.4 Å². The number of sulfone groups is 1. The van der Waals surface area contributed by atoms with Gasteiger partial charge in [0.25, 0.3) is 5.91 Å². The van der Waals surface area contributed by atoms with Gasteiger partial charge in [0, 0.05) is 18.7 Å². The van der Waals surface area contributed by atoms with Crippen LogP contribution in [0.1, 0.15) is 37.0 Å². The highest BCUT2D eigenvalue weighted by Gasteiger charge is 2.27. The van der Waals surface area contributed by atoms with Gasteiger partial charge in [-0.2, -0.15) is 0 Å². The zero-order chi connectivity index (χ0) is 18.7. The molecular formula is C18H27ClN2O5S. The Hall–Kier alpha value is -1.51. The lowest BCUT2D eigenvalue weighted by Crippen LogP contribution is -2.40. The van der Waals surface area contributed by atoms with Gasteiger partial charge in [-0.3, -0.25) is 9.69 Å². The summed E-state index contributed by atoms with van der Waals surface area (Å²) >= 11 is 0. The molecule has 0 saturated carbocycles. The van der Waals surface area contributed by atoms with Gasteiger partial charge in [0.2, 0.25) is 0 Å². The maximum atomic E-state index is 12.8. The molecule has 0 aliphatic carbocycles. The third-order valence-electron chi connectivity index (χ3n) is 5.00. The molecule has 0 bridgehead atoms. The van der Waals surface area contributed by atoms with Crippen molar-refractivity contribution in [3.8, 4) is 11.5 Å². The molecule has 27 heavy (non-hydrogen) atoms. The first-order chi connectivity index (χ1) is 12.5. The van der Waals surface area contributed by atoms with Gasteiger partial charge in [0.15, 0.2) is 21.3 Å².